The highest BCUT2D eigenvalue weighted by molar-refractivity contribution is 5.71. The van der Waals surface area contributed by atoms with Crippen molar-refractivity contribution < 1.29 is 38.4 Å². The highest BCUT2D eigenvalue weighted by Gasteiger charge is 2.09. The molecule has 0 saturated carbocycles. The summed E-state index contributed by atoms with van der Waals surface area (Å²) in [5, 5.41) is 21.2. The molecule has 0 saturated heterocycles. The number of nitro groups is 1. The lowest BCUT2D eigenvalue weighted by atomic mass is 10.1. The van der Waals surface area contributed by atoms with Crippen LogP contribution in [0, 0.1) is 16.0 Å². The molecule has 15 nitrogen and oxygen atoms in total. The number of benzene rings is 2. The summed E-state index contributed by atoms with van der Waals surface area (Å²) in [6.45, 7) is 10.9. The van der Waals surface area contributed by atoms with Crippen LogP contribution < -0.4 is 31.7 Å². The molecular formula is C30H48N6O9. The second kappa shape index (κ2) is 30.4. The fourth-order valence-corrected chi connectivity index (χ4v) is 2.35. The fourth-order valence-electron chi connectivity index (χ4n) is 2.35. The van der Waals surface area contributed by atoms with Gasteiger partial charge in [-0.05, 0) is 63.1 Å². The molecule has 3 amide bonds. The molecule has 15 heteroatoms. The zero-order valence-electron chi connectivity index (χ0n) is 27.0. The monoisotopic (exact) mass is 636 g/mol. The normalized spacial score (nSPS) is 9.60. The summed E-state index contributed by atoms with van der Waals surface area (Å²) in [6, 6.07) is 12.7. The van der Waals surface area contributed by atoms with Gasteiger partial charge in [0.1, 0.15) is 24.9 Å². The average molecular weight is 637 g/mol. The quantitative estimate of drug-likeness (QED) is 0.0563. The van der Waals surface area contributed by atoms with E-state index in [9.17, 15) is 29.3 Å². The number of ether oxygens (including phenoxy) is 2. The van der Waals surface area contributed by atoms with Gasteiger partial charge in [-0.2, -0.15) is 0 Å². The Labute approximate surface area is 264 Å². The van der Waals surface area contributed by atoms with E-state index in [0.29, 0.717) is 25.3 Å². The first kappa shape index (κ1) is 44.4. The van der Waals surface area contributed by atoms with Crippen LogP contribution in [0.15, 0.2) is 48.5 Å². The number of amides is 3. The van der Waals surface area contributed by atoms with Gasteiger partial charge in [-0.3, -0.25) is 14.9 Å². The zero-order valence-corrected chi connectivity index (χ0v) is 27.0. The molecule has 1 unspecified atom stereocenters. The third kappa shape index (κ3) is 28.8. The Bertz CT molecular complexity index is 1070. The molecule has 0 spiro atoms. The van der Waals surface area contributed by atoms with Crippen LogP contribution in [0.3, 0.4) is 0 Å². The Hall–Kier alpha value is -5.05. The number of rotatable bonds is 12. The SMILES string of the molecule is CC=O.CCCNC(N)=O.CNC(C)C(C)C.CNc1ccc(COC(=O)Oc2ccc([N+](=O)[O-])cc2)cc1.O=CCNC=O. The Kier molecular flexibility index (Phi) is 30.0. The van der Waals surface area contributed by atoms with Crippen molar-refractivity contribution in [2.45, 2.75) is 53.7 Å². The standard InChI is InChI=1S/C15H14N2O5.C6H15N.C4H10N2O.C3H5NO2.C2H4O/c1-16-12-4-2-11(3-5-12)10-21-15(18)22-14-8-6-13(7-9-14)17(19)20;1-5(2)6(3)7-4;1-2-3-6-4(5)7;5-2-1-4-3-6;1-2-3/h2-9,16H,10H2,1H3;5-7H,1-4H3;2-3H2,1H3,(H3,5,6,7);2-3H,1H2,(H,4,6);2H,1H3. The number of anilines is 1. The van der Waals surface area contributed by atoms with E-state index in [1.54, 1.807) is 0 Å². The van der Waals surface area contributed by atoms with Gasteiger partial charge in [-0.25, -0.2) is 9.59 Å². The van der Waals surface area contributed by atoms with Crippen molar-refractivity contribution in [3.63, 3.8) is 0 Å². The summed E-state index contributed by atoms with van der Waals surface area (Å²) >= 11 is 0. The molecule has 1 atom stereocenters. The molecule has 2 aromatic rings. The van der Waals surface area contributed by atoms with Crippen molar-refractivity contribution >= 4 is 42.5 Å². The fraction of sp³-hybridized carbons (Fsp3) is 0.433. The predicted octanol–water partition coefficient (Wildman–Crippen LogP) is 3.80. The van der Waals surface area contributed by atoms with Crippen LogP contribution in [-0.4, -0.2) is 69.3 Å². The molecule has 0 heterocycles. The number of carbonyl (C=O) groups is 5. The molecule has 0 aliphatic heterocycles. The van der Waals surface area contributed by atoms with Crippen molar-refractivity contribution in [2.75, 3.05) is 32.5 Å². The van der Waals surface area contributed by atoms with Gasteiger partial charge in [0.05, 0.1) is 11.5 Å². The number of non-ortho nitro benzene ring substituents is 1. The highest BCUT2D eigenvalue weighted by atomic mass is 16.7. The maximum Gasteiger partial charge on any atom is 0.514 e. The topological polar surface area (TPSA) is 221 Å². The Morgan fingerprint density at radius 3 is 1.87 bits per heavy atom. The van der Waals surface area contributed by atoms with Gasteiger partial charge in [-0.15, -0.1) is 0 Å². The molecular weight excluding hydrogens is 588 g/mol. The Balaban J connectivity index is -0.000000626. The molecule has 2 rings (SSSR count). The molecule has 0 radical (unpaired) electrons. The first-order chi connectivity index (χ1) is 21.4. The number of carbonyl (C=O) groups excluding carboxylic acids is 5. The van der Waals surface area contributed by atoms with Crippen molar-refractivity contribution in [3.05, 3.63) is 64.2 Å². The molecule has 0 aliphatic carbocycles. The van der Waals surface area contributed by atoms with Crippen molar-refractivity contribution in [1.29, 1.82) is 0 Å². The van der Waals surface area contributed by atoms with Crippen LogP contribution in [0.4, 0.5) is 21.0 Å². The second-order valence-corrected chi connectivity index (χ2v) is 8.88. The third-order valence-corrected chi connectivity index (χ3v) is 5.14. The number of hydrogen-bond donors (Lipinski definition) is 5. The lowest BCUT2D eigenvalue weighted by Crippen LogP contribution is -2.29. The minimum absolute atomic E-state index is 0.0784. The summed E-state index contributed by atoms with van der Waals surface area (Å²) in [7, 11) is 3.80. The van der Waals surface area contributed by atoms with E-state index in [1.807, 2.05) is 45.3 Å². The summed E-state index contributed by atoms with van der Waals surface area (Å²) in [6.07, 6.45) is 1.91. The van der Waals surface area contributed by atoms with Crippen LogP contribution in [-0.2, 0) is 25.7 Å². The lowest BCUT2D eigenvalue weighted by molar-refractivity contribution is -0.384. The van der Waals surface area contributed by atoms with Gasteiger partial charge in [0.2, 0.25) is 6.41 Å². The summed E-state index contributed by atoms with van der Waals surface area (Å²) in [5.74, 6) is 0.936. The summed E-state index contributed by atoms with van der Waals surface area (Å²) < 4.78 is 9.89. The van der Waals surface area contributed by atoms with E-state index in [4.69, 9.17) is 20.0 Å². The van der Waals surface area contributed by atoms with Crippen LogP contribution in [0.5, 0.6) is 5.75 Å². The first-order valence-electron chi connectivity index (χ1n) is 13.9. The van der Waals surface area contributed by atoms with Gasteiger partial charge in [0.15, 0.2) is 0 Å². The molecule has 6 N–H and O–H groups in total. The van der Waals surface area contributed by atoms with E-state index >= 15 is 0 Å². The first-order valence-corrected chi connectivity index (χ1v) is 13.9. The molecule has 0 fully saturated rings. The van der Waals surface area contributed by atoms with E-state index < -0.39 is 17.1 Å². The van der Waals surface area contributed by atoms with Gasteiger partial charge >= 0.3 is 12.2 Å². The Morgan fingerprint density at radius 2 is 1.56 bits per heavy atom. The maximum absolute atomic E-state index is 11.5. The second-order valence-electron chi connectivity index (χ2n) is 8.88. The van der Waals surface area contributed by atoms with Crippen LogP contribution in [0.25, 0.3) is 0 Å². The highest BCUT2D eigenvalue weighted by Crippen LogP contribution is 2.18. The largest absolute Gasteiger partial charge is 0.514 e. The third-order valence-electron chi connectivity index (χ3n) is 5.14. The maximum atomic E-state index is 11.5. The van der Waals surface area contributed by atoms with Gasteiger partial charge < -0.3 is 46.1 Å². The van der Waals surface area contributed by atoms with Crippen molar-refractivity contribution in [2.24, 2.45) is 11.7 Å². The molecule has 2 aromatic carbocycles. The van der Waals surface area contributed by atoms with Crippen molar-refractivity contribution in [1.82, 2.24) is 16.0 Å². The number of aldehydes is 2. The predicted molar refractivity (Wildman–Crippen MR) is 173 cm³/mol. The number of hydrogen-bond acceptors (Lipinski definition) is 11. The molecule has 45 heavy (non-hydrogen) atoms. The van der Waals surface area contributed by atoms with E-state index in [0.717, 1.165) is 29.9 Å². The van der Waals surface area contributed by atoms with Crippen molar-refractivity contribution in [3.8, 4) is 5.75 Å². The van der Waals surface area contributed by atoms with Crippen LogP contribution in [0.1, 0.15) is 46.6 Å². The number of urea groups is 1. The molecule has 0 bridgehead atoms. The van der Waals surface area contributed by atoms with Crippen LogP contribution >= 0.6 is 0 Å². The minimum Gasteiger partial charge on any atom is -0.429 e. The average Bonchev–Trinajstić information content (AvgIpc) is 3.03. The summed E-state index contributed by atoms with van der Waals surface area (Å²) in [5.41, 5.74) is 6.42. The number of nitro benzene ring substituents is 1. The molecule has 252 valence electrons. The van der Waals surface area contributed by atoms with E-state index in [1.165, 1.54) is 31.2 Å². The molecule has 0 aromatic heterocycles. The zero-order chi connectivity index (χ0) is 35.0. The van der Waals surface area contributed by atoms with E-state index in [-0.39, 0.29) is 24.6 Å². The number of primary amides is 1. The smallest absolute Gasteiger partial charge is 0.429 e. The lowest BCUT2D eigenvalue weighted by Gasteiger charge is -2.12. The Morgan fingerprint density at radius 1 is 1.00 bits per heavy atom. The number of nitrogens with one attached hydrogen (secondary N) is 4. The molecule has 0 aliphatic rings. The van der Waals surface area contributed by atoms with Gasteiger partial charge in [0.25, 0.3) is 5.69 Å². The van der Waals surface area contributed by atoms with Crippen LogP contribution in [0.2, 0.25) is 0 Å². The number of nitrogens with zero attached hydrogens (tertiary/aromatic N) is 1. The number of nitrogens with two attached hydrogens (primary N) is 1. The minimum atomic E-state index is -0.869. The summed E-state index contributed by atoms with van der Waals surface area (Å²) in [4.78, 5) is 58.8. The van der Waals surface area contributed by atoms with Gasteiger partial charge in [-0.1, -0.05) is 32.9 Å². The van der Waals surface area contributed by atoms with E-state index in [2.05, 4.69) is 42.0 Å². The van der Waals surface area contributed by atoms with Gasteiger partial charge in [0, 0.05) is 37.5 Å².